The van der Waals surface area contributed by atoms with Crippen LogP contribution in [0.1, 0.15) is 17.6 Å². The fourth-order valence-electron chi connectivity index (χ4n) is 1.11. The highest BCUT2D eigenvalue weighted by Crippen LogP contribution is 2.34. The quantitative estimate of drug-likeness (QED) is 0.582. The van der Waals surface area contributed by atoms with Gasteiger partial charge >= 0.3 is 5.82 Å². The van der Waals surface area contributed by atoms with Gasteiger partial charge < -0.3 is 14.9 Å². The number of nitrogens with zero attached hydrogens (tertiary/aromatic N) is 3. The molecule has 0 atom stereocenters. The first-order valence-corrected chi connectivity index (χ1v) is 3.92. The number of ether oxygens (including phenoxy) is 1. The molecule has 0 aliphatic heterocycles. The Labute approximate surface area is 88.2 Å². The molecule has 84 valence electrons. The minimum absolute atomic E-state index is 0.515. The van der Waals surface area contributed by atoms with Crippen molar-refractivity contribution in [3.63, 3.8) is 0 Å². The summed E-state index contributed by atoms with van der Waals surface area (Å²) in [5.41, 5.74) is -1.25. The number of rotatable bonds is 3. The minimum atomic E-state index is -2.92. The summed E-state index contributed by atoms with van der Waals surface area (Å²) in [6, 6.07) is 1.43. The fourth-order valence-corrected chi connectivity index (χ4v) is 1.11. The van der Waals surface area contributed by atoms with E-state index in [4.69, 9.17) is 5.26 Å². The van der Waals surface area contributed by atoms with Crippen LogP contribution in [0.2, 0.25) is 0 Å². The predicted octanol–water partition coefficient (Wildman–Crippen LogP) is 1.81. The average Bonchev–Trinajstić information content (AvgIpc) is 2.26. The number of hydrogen-bond donors (Lipinski definition) is 0. The monoisotopic (exact) mass is 229 g/mol. The number of aromatic nitrogens is 1. The van der Waals surface area contributed by atoms with E-state index < -0.39 is 34.0 Å². The van der Waals surface area contributed by atoms with E-state index in [2.05, 4.69) is 9.72 Å². The second-order valence-corrected chi connectivity index (χ2v) is 2.62. The number of nitro groups is 1. The summed E-state index contributed by atoms with van der Waals surface area (Å²) in [7, 11) is 1.05. The Morgan fingerprint density at radius 3 is 2.69 bits per heavy atom. The van der Waals surface area contributed by atoms with Crippen LogP contribution in [-0.2, 0) is 0 Å². The number of methoxy groups -OCH3 is 1. The van der Waals surface area contributed by atoms with Crippen LogP contribution >= 0.6 is 0 Å². The van der Waals surface area contributed by atoms with Gasteiger partial charge in [0.2, 0.25) is 0 Å². The molecule has 0 aliphatic rings. The van der Waals surface area contributed by atoms with Crippen molar-refractivity contribution in [2.24, 2.45) is 0 Å². The number of pyridine rings is 1. The summed E-state index contributed by atoms with van der Waals surface area (Å²) in [5.74, 6) is -1.32. The third-order valence-corrected chi connectivity index (χ3v) is 1.76. The molecule has 1 aromatic rings. The highest BCUT2D eigenvalue weighted by Gasteiger charge is 2.27. The lowest BCUT2D eigenvalue weighted by molar-refractivity contribution is -0.389. The van der Waals surface area contributed by atoms with Crippen LogP contribution in [0.5, 0.6) is 5.75 Å². The van der Waals surface area contributed by atoms with E-state index in [1.165, 1.54) is 6.07 Å². The maximum Gasteiger partial charge on any atom is 0.385 e. The van der Waals surface area contributed by atoms with Crippen LogP contribution in [0.3, 0.4) is 0 Å². The second kappa shape index (κ2) is 4.48. The van der Waals surface area contributed by atoms with Gasteiger partial charge in [-0.25, -0.2) is 8.78 Å². The van der Waals surface area contributed by atoms with Crippen LogP contribution < -0.4 is 4.74 Å². The number of halogens is 2. The van der Waals surface area contributed by atoms with Crippen molar-refractivity contribution in [2.45, 2.75) is 6.43 Å². The molecule has 6 nitrogen and oxygen atoms in total. The van der Waals surface area contributed by atoms with Crippen LogP contribution in [0.4, 0.5) is 14.6 Å². The molecule has 8 heteroatoms. The van der Waals surface area contributed by atoms with E-state index >= 15 is 0 Å². The van der Waals surface area contributed by atoms with Gasteiger partial charge in [0.25, 0.3) is 6.43 Å². The molecular weight excluding hydrogens is 224 g/mol. The first-order valence-electron chi connectivity index (χ1n) is 3.92. The second-order valence-electron chi connectivity index (χ2n) is 2.62. The molecule has 1 aromatic heterocycles. The highest BCUT2D eigenvalue weighted by molar-refractivity contribution is 5.56. The molecule has 16 heavy (non-hydrogen) atoms. The summed E-state index contributed by atoms with van der Waals surface area (Å²) in [5, 5.41) is 19.1. The lowest BCUT2D eigenvalue weighted by Gasteiger charge is -2.07. The summed E-state index contributed by atoms with van der Waals surface area (Å²) >= 11 is 0. The van der Waals surface area contributed by atoms with E-state index in [0.717, 1.165) is 7.11 Å². The molecule has 0 unspecified atom stereocenters. The molecule has 0 amide bonds. The van der Waals surface area contributed by atoms with Gasteiger partial charge in [0.1, 0.15) is 11.6 Å². The molecule has 0 bridgehead atoms. The van der Waals surface area contributed by atoms with Crippen LogP contribution in [0.15, 0.2) is 6.20 Å². The molecule has 1 heterocycles. The SMILES string of the molecule is COc1c(C(F)F)cnc([N+](=O)[O-])c1C#N. The Morgan fingerprint density at radius 1 is 1.69 bits per heavy atom. The van der Waals surface area contributed by atoms with Gasteiger partial charge in [-0.05, 0) is 9.91 Å². The third-order valence-electron chi connectivity index (χ3n) is 1.76. The molecule has 0 spiro atoms. The molecule has 1 rings (SSSR count). The van der Waals surface area contributed by atoms with E-state index in [1.807, 2.05) is 0 Å². The van der Waals surface area contributed by atoms with Crippen molar-refractivity contribution in [1.82, 2.24) is 4.98 Å². The Kier molecular flexibility index (Phi) is 3.30. The zero-order valence-electron chi connectivity index (χ0n) is 7.98. The van der Waals surface area contributed by atoms with E-state index in [0.29, 0.717) is 6.20 Å². The van der Waals surface area contributed by atoms with Crippen molar-refractivity contribution in [3.8, 4) is 11.8 Å². The van der Waals surface area contributed by atoms with Crippen molar-refractivity contribution < 1.29 is 18.4 Å². The van der Waals surface area contributed by atoms with Gasteiger partial charge in [0.15, 0.2) is 17.5 Å². The maximum atomic E-state index is 12.5. The molecule has 0 aliphatic carbocycles. The zero-order valence-corrected chi connectivity index (χ0v) is 7.98. The lowest BCUT2D eigenvalue weighted by atomic mass is 10.1. The maximum absolute atomic E-state index is 12.5. The van der Waals surface area contributed by atoms with Gasteiger partial charge in [0.05, 0.1) is 7.11 Å². The molecular formula is C8H5F2N3O3. The van der Waals surface area contributed by atoms with Crippen molar-refractivity contribution in [1.29, 1.82) is 5.26 Å². The third kappa shape index (κ3) is 1.88. The first-order chi connectivity index (χ1) is 7.52. The van der Waals surface area contributed by atoms with Gasteiger partial charge in [0, 0.05) is 0 Å². The Bertz CT molecular complexity index is 470. The molecule has 0 saturated carbocycles. The van der Waals surface area contributed by atoms with Gasteiger partial charge in [-0.15, -0.1) is 0 Å². The average molecular weight is 229 g/mol. The predicted molar refractivity (Wildman–Crippen MR) is 47.1 cm³/mol. The zero-order chi connectivity index (χ0) is 12.3. The Morgan fingerprint density at radius 2 is 2.31 bits per heavy atom. The largest absolute Gasteiger partial charge is 0.494 e. The number of alkyl halides is 2. The molecule has 0 fully saturated rings. The molecule has 0 aromatic carbocycles. The number of hydrogen-bond acceptors (Lipinski definition) is 5. The molecule has 0 radical (unpaired) electrons. The summed E-state index contributed by atoms with van der Waals surface area (Å²) < 4.78 is 29.5. The standard InChI is InChI=1S/C8H5F2N3O3/c1-16-6-4(2-11)8(13(14)15)12-3-5(6)7(9)10/h3,7H,1H3. The van der Waals surface area contributed by atoms with Crippen molar-refractivity contribution in [2.75, 3.05) is 7.11 Å². The highest BCUT2D eigenvalue weighted by atomic mass is 19.3. The summed E-state index contributed by atoms with van der Waals surface area (Å²) in [6.07, 6.45) is -2.29. The van der Waals surface area contributed by atoms with E-state index in [1.54, 1.807) is 0 Å². The topological polar surface area (TPSA) is 89.1 Å². The lowest BCUT2D eigenvalue weighted by Crippen LogP contribution is -2.03. The van der Waals surface area contributed by atoms with Gasteiger partial charge in [-0.1, -0.05) is 0 Å². The number of nitriles is 1. The van der Waals surface area contributed by atoms with Crippen molar-refractivity contribution in [3.05, 3.63) is 27.4 Å². The molecule has 0 N–H and O–H groups in total. The van der Waals surface area contributed by atoms with E-state index in [9.17, 15) is 18.9 Å². The normalized spacial score (nSPS) is 9.94. The Hall–Kier alpha value is -2.30. The smallest absolute Gasteiger partial charge is 0.385 e. The first kappa shape index (κ1) is 11.8. The molecule has 0 saturated heterocycles. The van der Waals surface area contributed by atoms with Gasteiger partial charge in [-0.2, -0.15) is 5.26 Å². The summed E-state index contributed by atoms with van der Waals surface area (Å²) in [6.45, 7) is 0. The minimum Gasteiger partial charge on any atom is -0.494 e. The van der Waals surface area contributed by atoms with Gasteiger partial charge in [-0.3, -0.25) is 0 Å². The Balaban J connectivity index is 3.54. The van der Waals surface area contributed by atoms with Crippen LogP contribution in [0.25, 0.3) is 0 Å². The fraction of sp³-hybridized carbons (Fsp3) is 0.250. The van der Waals surface area contributed by atoms with Crippen LogP contribution in [0, 0.1) is 21.4 Å². The van der Waals surface area contributed by atoms with Crippen LogP contribution in [-0.4, -0.2) is 17.0 Å². The summed E-state index contributed by atoms with van der Waals surface area (Å²) in [4.78, 5) is 12.7. The van der Waals surface area contributed by atoms with E-state index in [-0.39, 0.29) is 0 Å². The van der Waals surface area contributed by atoms with Crippen molar-refractivity contribution >= 4 is 5.82 Å².